The minimum atomic E-state index is -3.27. The minimum absolute atomic E-state index is 0.408. The van der Waals surface area contributed by atoms with Crippen LogP contribution < -0.4 is 4.72 Å². The molecule has 2 heterocycles. The molecule has 0 amide bonds. The molecule has 0 unspecified atom stereocenters. The quantitative estimate of drug-likeness (QED) is 0.902. The first kappa shape index (κ1) is 13.0. The molecule has 96 valence electrons. The Kier molecular flexibility index (Phi) is 4.19. The third-order valence-corrected chi connectivity index (χ3v) is 5.98. The third kappa shape index (κ3) is 3.51. The lowest BCUT2D eigenvalue weighted by molar-refractivity contribution is 0.220. The Morgan fingerprint density at radius 2 is 2.18 bits per heavy atom. The van der Waals surface area contributed by atoms with E-state index in [-0.39, 0.29) is 0 Å². The summed E-state index contributed by atoms with van der Waals surface area (Å²) in [6.07, 6.45) is 2.15. The van der Waals surface area contributed by atoms with E-state index in [0.29, 0.717) is 16.7 Å². The van der Waals surface area contributed by atoms with Crippen molar-refractivity contribution in [3.05, 3.63) is 17.5 Å². The van der Waals surface area contributed by atoms with Crippen molar-refractivity contribution in [2.24, 2.45) is 5.92 Å². The number of sulfonamides is 1. The molecule has 1 aliphatic heterocycles. The third-order valence-electron chi connectivity index (χ3n) is 3.16. The number of hydrogen-bond acceptors (Lipinski definition) is 4. The Morgan fingerprint density at radius 3 is 2.76 bits per heavy atom. The van der Waals surface area contributed by atoms with Crippen LogP contribution in [0, 0.1) is 5.92 Å². The van der Waals surface area contributed by atoms with Crippen LogP contribution in [0.5, 0.6) is 0 Å². The Bertz CT molecular complexity index is 434. The van der Waals surface area contributed by atoms with Gasteiger partial charge in [0.25, 0.3) is 0 Å². The second-order valence-electron chi connectivity index (χ2n) is 4.53. The molecule has 1 aromatic rings. The molecule has 17 heavy (non-hydrogen) atoms. The van der Waals surface area contributed by atoms with Crippen molar-refractivity contribution in [1.29, 1.82) is 0 Å². The molecule has 1 aromatic heterocycles. The molecule has 0 saturated carbocycles. The van der Waals surface area contributed by atoms with Crippen LogP contribution in [0.15, 0.2) is 21.7 Å². The van der Waals surface area contributed by atoms with Gasteiger partial charge in [0.05, 0.1) is 0 Å². The maximum absolute atomic E-state index is 11.9. The molecule has 2 rings (SSSR count). The lowest BCUT2D eigenvalue weighted by atomic mass is 9.98. The molecule has 0 radical (unpaired) electrons. The number of nitrogens with one attached hydrogen (secondary N) is 1. The highest BCUT2D eigenvalue weighted by Gasteiger charge is 2.20. The fraction of sp³-hybridized carbons (Fsp3) is 0.636. The Morgan fingerprint density at radius 1 is 1.47 bits per heavy atom. The molecule has 1 saturated heterocycles. The summed E-state index contributed by atoms with van der Waals surface area (Å²) in [6.45, 7) is 2.69. The molecule has 1 N–H and O–H groups in total. The largest absolute Gasteiger partial charge is 0.306 e. The molecular formula is C11H18N2O2S2. The normalized spacial score (nSPS) is 19.6. The van der Waals surface area contributed by atoms with Gasteiger partial charge in [-0.25, -0.2) is 13.1 Å². The van der Waals surface area contributed by atoms with Gasteiger partial charge >= 0.3 is 0 Å². The van der Waals surface area contributed by atoms with E-state index in [1.807, 2.05) is 0 Å². The zero-order chi connectivity index (χ0) is 12.3. The van der Waals surface area contributed by atoms with Crippen LogP contribution in [0.4, 0.5) is 0 Å². The van der Waals surface area contributed by atoms with Crippen molar-refractivity contribution in [2.45, 2.75) is 17.1 Å². The van der Waals surface area contributed by atoms with Gasteiger partial charge in [-0.15, -0.1) is 11.3 Å². The molecule has 1 aliphatic rings. The van der Waals surface area contributed by atoms with Crippen molar-refractivity contribution >= 4 is 21.4 Å². The van der Waals surface area contributed by atoms with Gasteiger partial charge in [0, 0.05) is 6.54 Å². The highest BCUT2D eigenvalue weighted by atomic mass is 32.2. The topological polar surface area (TPSA) is 49.4 Å². The predicted molar refractivity (Wildman–Crippen MR) is 69.7 cm³/mol. The van der Waals surface area contributed by atoms with Crippen molar-refractivity contribution in [3.63, 3.8) is 0 Å². The summed E-state index contributed by atoms with van der Waals surface area (Å²) in [5, 5.41) is 1.78. The monoisotopic (exact) mass is 274 g/mol. The van der Waals surface area contributed by atoms with E-state index in [1.54, 1.807) is 17.5 Å². The first-order chi connectivity index (χ1) is 8.08. The van der Waals surface area contributed by atoms with Gasteiger partial charge in [-0.3, -0.25) is 0 Å². The van der Waals surface area contributed by atoms with Crippen LogP contribution in [0.2, 0.25) is 0 Å². The minimum Gasteiger partial charge on any atom is -0.306 e. The van der Waals surface area contributed by atoms with Gasteiger partial charge in [-0.2, -0.15) is 0 Å². The predicted octanol–water partition coefficient (Wildman–Crippen LogP) is 1.37. The molecule has 0 bridgehead atoms. The molecule has 1 fully saturated rings. The van der Waals surface area contributed by atoms with Gasteiger partial charge in [-0.1, -0.05) is 6.07 Å². The number of hydrogen-bond donors (Lipinski definition) is 1. The van der Waals surface area contributed by atoms with Crippen molar-refractivity contribution in [2.75, 3.05) is 26.7 Å². The summed E-state index contributed by atoms with van der Waals surface area (Å²) in [5.41, 5.74) is 0. The van der Waals surface area contributed by atoms with E-state index in [4.69, 9.17) is 0 Å². The lowest BCUT2D eigenvalue weighted by Crippen LogP contribution is -2.36. The molecule has 0 aromatic carbocycles. The summed E-state index contributed by atoms with van der Waals surface area (Å²) in [7, 11) is -1.17. The fourth-order valence-electron chi connectivity index (χ4n) is 1.98. The van der Waals surface area contributed by atoms with Gasteiger partial charge in [0.1, 0.15) is 4.21 Å². The van der Waals surface area contributed by atoms with Gasteiger partial charge in [-0.05, 0) is 50.3 Å². The SMILES string of the molecule is CN1CCC(CNS(=O)(=O)c2cccs2)CC1. The smallest absolute Gasteiger partial charge is 0.250 e. The Hall–Kier alpha value is -0.430. The number of nitrogens with zero attached hydrogens (tertiary/aromatic N) is 1. The van der Waals surface area contributed by atoms with Crippen LogP contribution in [-0.2, 0) is 10.0 Å². The standard InChI is InChI=1S/C11H18N2O2S2/c1-13-6-4-10(5-7-13)9-12-17(14,15)11-3-2-8-16-11/h2-3,8,10,12H,4-7,9H2,1H3. The second-order valence-corrected chi connectivity index (χ2v) is 7.47. The summed E-state index contributed by atoms with van der Waals surface area (Å²) in [5.74, 6) is 0.473. The molecule has 0 spiro atoms. The number of piperidine rings is 1. The molecule has 0 aliphatic carbocycles. The van der Waals surface area contributed by atoms with Crippen molar-refractivity contribution in [1.82, 2.24) is 9.62 Å². The van der Waals surface area contributed by atoms with Crippen molar-refractivity contribution < 1.29 is 8.42 Å². The first-order valence-corrected chi connectivity index (χ1v) is 8.16. The summed E-state index contributed by atoms with van der Waals surface area (Å²) in [6, 6.07) is 3.40. The van der Waals surface area contributed by atoms with Crippen LogP contribution in [0.25, 0.3) is 0 Å². The summed E-state index contributed by atoms with van der Waals surface area (Å²) in [4.78, 5) is 2.28. The van der Waals surface area contributed by atoms with Gasteiger partial charge in [0.15, 0.2) is 0 Å². The average Bonchev–Trinajstić information content (AvgIpc) is 2.82. The maximum atomic E-state index is 11.9. The van der Waals surface area contributed by atoms with E-state index in [2.05, 4.69) is 16.7 Å². The molecule has 4 nitrogen and oxygen atoms in total. The first-order valence-electron chi connectivity index (χ1n) is 5.79. The van der Waals surface area contributed by atoms with Crippen LogP contribution in [0.3, 0.4) is 0 Å². The van der Waals surface area contributed by atoms with Crippen LogP contribution >= 0.6 is 11.3 Å². The fourth-order valence-corrected chi connectivity index (χ4v) is 4.13. The van der Waals surface area contributed by atoms with Crippen molar-refractivity contribution in [3.8, 4) is 0 Å². The summed E-state index contributed by atoms with van der Waals surface area (Å²) < 4.78 is 26.9. The van der Waals surface area contributed by atoms with Crippen LogP contribution in [-0.4, -0.2) is 40.0 Å². The summed E-state index contributed by atoms with van der Waals surface area (Å²) >= 11 is 1.26. The highest BCUT2D eigenvalue weighted by molar-refractivity contribution is 7.91. The van der Waals surface area contributed by atoms with E-state index in [1.165, 1.54) is 11.3 Å². The van der Waals surface area contributed by atoms with E-state index in [0.717, 1.165) is 25.9 Å². The lowest BCUT2D eigenvalue weighted by Gasteiger charge is -2.28. The van der Waals surface area contributed by atoms with E-state index < -0.39 is 10.0 Å². The zero-order valence-corrected chi connectivity index (χ0v) is 11.6. The maximum Gasteiger partial charge on any atom is 0.250 e. The second kappa shape index (κ2) is 5.48. The molecule has 6 heteroatoms. The number of likely N-dealkylation sites (tertiary alicyclic amines) is 1. The van der Waals surface area contributed by atoms with Gasteiger partial charge in [0.2, 0.25) is 10.0 Å². The molecular weight excluding hydrogens is 256 g/mol. The molecule has 0 atom stereocenters. The zero-order valence-electron chi connectivity index (χ0n) is 9.93. The highest BCUT2D eigenvalue weighted by Crippen LogP contribution is 2.18. The van der Waals surface area contributed by atoms with E-state index >= 15 is 0 Å². The van der Waals surface area contributed by atoms with Gasteiger partial charge < -0.3 is 4.90 Å². The number of rotatable bonds is 4. The number of thiophene rings is 1. The Balaban J connectivity index is 1.86. The van der Waals surface area contributed by atoms with E-state index in [9.17, 15) is 8.42 Å². The Labute approximate surface area is 107 Å². The van der Waals surface area contributed by atoms with Crippen LogP contribution in [0.1, 0.15) is 12.8 Å². The average molecular weight is 274 g/mol.